The summed E-state index contributed by atoms with van der Waals surface area (Å²) in [5, 5.41) is 10.4. The average Bonchev–Trinajstić information content (AvgIpc) is 3.32. The molecule has 408 valence electrons. The monoisotopic (exact) mass is 1030 g/mol. The minimum absolute atomic E-state index is 0.103. The van der Waals surface area contributed by atoms with E-state index in [1.165, 1.54) is 44.9 Å². The second-order valence-corrected chi connectivity index (χ2v) is 21.1. The second kappa shape index (κ2) is 45.9. The lowest BCUT2D eigenvalue weighted by Gasteiger charge is -2.21. The fourth-order valence-corrected chi connectivity index (χ4v) is 8.74. The Bertz CT molecular complexity index is 1370. The molecule has 0 saturated heterocycles. The molecule has 5 atom stereocenters. The maximum absolute atomic E-state index is 12.8. The van der Waals surface area contributed by atoms with Crippen LogP contribution >= 0.6 is 15.6 Å². The van der Waals surface area contributed by atoms with Crippen LogP contribution in [-0.2, 0) is 65.4 Å². The van der Waals surface area contributed by atoms with Gasteiger partial charge in [0.15, 0.2) is 12.2 Å². The van der Waals surface area contributed by atoms with Gasteiger partial charge >= 0.3 is 39.5 Å². The van der Waals surface area contributed by atoms with Gasteiger partial charge in [-0.2, -0.15) is 0 Å². The number of aliphatic hydroxyl groups is 1. The number of unbranched alkanes of at least 4 members (excludes halogenated alkanes) is 25. The second-order valence-electron chi connectivity index (χ2n) is 18.2. The van der Waals surface area contributed by atoms with Crippen LogP contribution in [0.5, 0.6) is 0 Å². The van der Waals surface area contributed by atoms with Crippen molar-refractivity contribution in [2.24, 2.45) is 0 Å². The van der Waals surface area contributed by atoms with Crippen molar-refractivity contribution < 1.29 is 80.2 Å². The van der Waals surface area contributed by atoms with E-state index >= 15 is 0 Å². The minimum atomic E-state index is -4.92. The summed E-state index contributed by atoms with van der Waals surface area (Å²) in [7, 11) is -9.84. The molecule has 0 aromatic rings. The van der Waals surface area contributed by atoms with Crippen molar-refractivity contribution in [3.8, 4) is 0 Å². The molecule has 0 radical (unpaired) electrons. The summed E-state index contributed by atoms with van der Waals surface area (Å²) in [6.07, 6.45) is 25.8. The van der Waals surface area contributed by atoms with Crippen LogP contribution in [-0.4, -0.2) is 96.7 Å². The number of carbonyl (C=O) groups excluding carboxylic acids is 4. The molecule has 0 saturated carbocycles. The van der Waals surface area contributed by atoms with Crippen molar-refractivity contribution in [1.82, 2.24) is 0 Å². The van der Waals surface area contributed by atoms with Gasteiger partial charge in [-0.25, -0.2) is 9.13 Å². The molecule has 2 unspecified atom stereocenters. The Balaban J connectivity index is 5.16. The van der Waals surface area contributed by atoms with Gasteiger partial charge in [-0.3, -0.25) is 37.3 Å². The first-order valence-corrected chi connectivity index (χ1v) is 29.8. The number of phosphoric acid groups is 2. The lowest BCUT2D eigenvalue weighted by atomic mass is 10.1. The number of carbonyl (C=O) groups is 4. The number of esters is 4. The third kappa shape index (κ3) is 45.7. The molecule has 0 aromatic heterocycles. The third-order valence-corrected chi connectivity index (χ3v) is 13.3. The summed E-state index contributed by atoms with van der Waals surface area (Å²) in [4.78, 5) is 71.0. The smallest absolute Gasteiger partial charge is 0.462 e. The van der Waals surface area contributed by atoms with Crippen molar-refractivity contribution in [3.63, 3.8) is 0 Å². The molecule has 0 aromatic carbocycles. The van der Waals surface area contributed by atoms with Crippen LogP contribution in [0, 0.1) is 0 Å². The highest BCUT2D eigenvalue weighted by atomic mass is 31.2. The van der Waals surface area contributed by atoms with E-state index in [0.29, 0.717) is 25.7 Å². The van der Waals surface area contributed by atoms with Crippen LogP contribution in [0.4, 0.5) is 0 Å². The van der Waals surface area contributed by atoms with E-state index in [0.717, 1.165) is 116 Å². The largest absolute Gasteiger partial charge is 0.472 e. The number of aliphatic hydroxyl groups excluding tert-OH is 1. The molecule has 0 fully saturated rings. The summed E-state index contributed by atoms with van der Waals surface area (Å²) in [5.41, 5.74) is 0. The third-order valence-electron chi connectivity index (χ3n) is 11.4. The Hall–Kier alpha value is -1.94. The van der Waals surface area contributed by atoms with Gasteiger partial charge in [0.2, 0.25) is 0 Å². The molecule has 0 aliphatic rings. The van der Waals surface area contributed by atoms with E-state index in [9.17, 15) is 43.2 Å². The van der Waals surface area contributed by atoms with Crippen LogP contribution in [0.15, 0.2) is 0 Å². The van der Waals surface area contributed by atoms with Gasteiger partial charge in [0.05, 0.1) is 26.4 Å². The Morgan fingerprint density at radius 2 is 0.580 bits per heavy atom. The van der Waals surface area contributed by atoms with E-state index in [4.69, 9.17) is 37.0 Å². The number of phosphoric ester groups is 2. The van der Waals surface area contributed by atoms with Crippen molar-refractivity contribution in [2.45, 2.75) is 258 Å². The summed E-state index contributed by atoms with van der Waals surface area (Å²) in [5.74, 6) is -2.17. The normalized spacial score (nSPS) is 14.6. The van der Waals surface area contributed by atoms with Crippen molar-refractivity contribution >= 4 is 39.5 Å². The standard InChI is InChI=1S/C50H96O17P2/c1-5-9-13-17-20-22-25-29-33-37-50(55)67-46(41-61-48(53)35-31-27-24-21-18-14-10-6-2)43-65-69(58,59)63-39-44(51)38-62-68(56,57)64-42-45(40-60-47(52)34-30-26-16-12-8-4)66-49(54)36-32-28-23-19-15-11-7-3/h44-46,51H,5-43H2,1-4H3,(H,56,57)(H,58,59)/t44-,45+,46+/m0/s1. The Morgan fingerprint density at radius 3 is 0.855 bits per heavy atom. The fourth-order valence-electron chi connectivity index (χ4n) is 7.16. The molecular formula is C50H96O17P2. The highest BCUT2D eigenvalue weighted by Gasteiger charge is 2.30. The summed E-state index contributed by atoms with van der Waals surface area (Å²) in [6, 6.07) is 0. The zero-order valence-corrected chi connectivity index (χ0v) is 45.0. The highest BCUT2D eigenvalue weighted by Crippen LogP contribution is 2.45. The maximum Gasteiger partial charge on any atom is 0.472 e. The SMILES string of the molecule is CCCCCCCCCCCC(=O)O[C@H](COC(=O)CCCCCCCCCC)COP(=O)(O)OC[C@@H](O)COP(=O)(O)OC[C@@H](COC(=O)CCCCCCC)OC(=O)CCCCCCCCC. The zero-order chi connectivity index (χ0) is 51.3. The quantitative estimate of drug-likeness (QED) is 0.0222. The lowest BCUT2D eigenvalue weighted by Crippen LogP contribution is -2.30. The maximum atomic E-state index is 12.8. The summed E-state index contributed by atoms with van der Waals surface area (Å²) < 4.78 is 67.0. The van der Waals surface area contributed by atoms with Gasteiger partial charge in [0.1, 0.15) is 19.3 Å². The van der Waals surface area contributed by atoms with Crippen molar-refractivity contribution in [1.29, 1.82) is 0 Å². The Labute approximate surface area is 416 Å². The first-order chi connectivity index (χ1) is 33.2. The predicted octanol–water partition coefficient (Wildman–Crippen LogP) is 12.5. The molecule has 0 amide bonds. The minimum Gasteiger partial charge on any atom is -0.462 e. The molecule has 69 heavy (non-hydrogen) atoms. The predicted molar refractivity (Wildman–Crippen MR) is 266 cm³/mol. The van der Waals surface area contributed by atoms with Crippen LogP contribution < -0.4 is 0 Å². The molecule has 3 N–H and O–H groups in total. The van der Waals surface area contributed by atoms with E-state index in [1.807, 2.05) is 0 Å². The van der Waals surface area contributed by atoms with Gasteiger partial charge in [-0.05, 0) is 25.7 Å². The molecular weight excluding hydrogens is 934 g/mol. The van der Waals surface area contributed by atoms with Gasteiger partial charge < -0.3 is 33.8 Å². The highest BCUT2D eigenvalue weighted by molar-refractivity contribution is 7.47. The first kappa shape index (κ1) is 67.1. The van der Waals surface area contributed by atoms with Crippen molar-refractivity contribution in [2.75, 3.05) is 39.6 Å². The van der Waals surface area contributed by atoms with Gasteiger partial charge in [0.25, 0.3) is 0 Å². The molecule has 19 heteroatoms. The van der Waals surface area contributed by atoms with Gasteiger partial charge in [-0.15, -0.1) is 0 Å². The van der Waals surface area contributed by atoms with Crippen LogP contribution in [0.3, 0.4) is 0 Å². The number of rotatable bonds is 51. The Kier molecular flexibility index (Phi) is 44.6. The van der Waals surface area contributed by atoms with E-state index in [1.54, 1.807) is 0 Å². The van der Waals surface area contributed by atoms with Crippen LogP contribution in [0.1, 0.15) is 240 Å². The average molecular weight is 1030 g/mol. The fraction of sp³-hybridized carbons (Fsp3) is 0.920. The van der Waals surface area contributed by atoms with E-state index in [-0.39, 0.29) is 25.7 Å². The molecule has 0 aliphatic carbocycles. The summed E-state index contributed by atoms with van der Waals surface area (Å²) >= 11 is 0. The number of hydrogen-bond acceptors (Lipinski definition) is 15. The topological polar surface area (TPSA) is 237 Å². The van der Waals surface area contributed by atoms with Crippen LogP contribution in [0.2, 0.25) is 0 Å². The van der Waals surface area contributed by atoms with Crippen LogP contribution in [0.25, 0.3) is 0 Å². The summed E-state index contributed by atoms with van der Waals surface area (Å²) in [6.45, 7) is 4.61. The number of ether oxygens (including phenoxy) is 4. The lowest BCUT2D eigenvalue weighted by molar-refractivity contribution is -0.161. The van der Waals surface area contributed by atoms with Crippen molar-refractivity contribution in [3.05, 3.63) is 0 Å². The van der Waals surface area contributed by atoms with E-state index in [2.05, 4.69) is 27.7 Å². The molecule has 0 spiro atoms. The van der Waals surface area contributed by atoms with E-state index < -0.39 is 97.5 Å². The molecule has 0 rings (SSSR count). The molecule has 0 heterocycles. The molecule has 0 aliphatic heterocycles. The zero-order valence-electron chi connectivity index (χ0n) is 43.3. The van der Waals surface area contributed by atoms with Gasteiger partial charge in [-0.1, -0.05) is 188 Å². The molecule has 0 bridgehead atoms. The first-order valence-electron chi connectivity index (χ1n) is 26.8. The number of hydrogen-bond donors (Lipinski definition) is 3. The Morgan fingerprint density at radius 1 is 0.348 bits per heavy atom. The molecule has 17 nitrogen and oxygen atoms in total. The van der Waals surface area contributed by atoms with Gasteiger partial charge in [0, 0.05) is 25.7 Å².